The van der Waals surface area contributed by atoms with Crippen molar-refractivity contribution < 1.29 is 23.7 Å². The van der Waals surface area contributed by atoms with Crippen molar-refractivity contribution in [2.75, 3.05) is 13.2 Å². The summed E-state index contributed by atoms with van der Waals surface area (Å²) in [5.41, 5.74) is 0. The third-order valence-electron chi connectivity index (χ3n) is 3.77. The molecule has 7 heteroatoms. The van der Waals surface area contributed by atoms with Crippen LogP contribution in [0.4, 0.5) is 0 Å². The molecule has 2 atom stereocenters. The maximum absolute atomic E-state index is 12.6. The highest BCUT2D eigenvalue weighted by molar-refractivity contribution is 6.31. The van der Waals surface area contributed by atoms with Crippen molar-refractivity contribution in [3.63, 3.8) is 0 Å². The summed E-state index contributed by atoms with van der Waals surface area (Å²) in [7, 11) is 0. The van der Waals surface area contributed by atoms with Gasteiger partial charge in [0.05, 0.1) is 0 Å². The quantitative estimate of drug-likeness (QED) is 0.813. The molecule has 2 aromatic rings. The van der Waals surface area contributed by atoms with Crippen LogP contribution in [0.15, 0.2) is 36.4 Å². The fourth-order valence-electron chi connectivity index (χ4n) is 2.58. The lowest BCUT2D eigenvalue weighted by atomic mass is 10.1. The summed E-state index contributed by atoms with van der Waals surface area (Å²) in [5, 5.41) is 1.09. The predicted molar refractivity (Wildman–Crippen MR) is 87.7 cm³/mol. The molecule has 124 valence electrons. The molecule has 2 aliphatic rings. The Morgan fingerprint density at radius 2 is 1.25 bits per heavy atom. The number of carbonyl (C=O) groups is 1. The van der Waals surface area contributed by atoms with Crippen LogP contribution < -0.4 is 18.9 Å². The number of rotatable bonds is 2. The first-order valence-corrected chi connectivity index (χ1v) is 8.07. The van der Waals surface area contributed by atoms with Gasteiger partial charge in [0, 0.05) is 22.2 Å². The number of ketones is 1. The van der Waals surface area contributed by atoms with E-state index in [0.29, 0.717) is 33.0 Å². The summed E-state index contributed by atoms with van der Waals surface area (Å²) in [4.78, 5) is 12.6. The minimum absolute atomic E-state index is 0.0967. The Morgan fingerprint density at radius 3 is 1.71 bits per heavy atom. The van der Waals surface area contributed by atoms with Gasteiger partial charge in [-0.2, -0.15) is 0 Å². The highest BCUT2D eigenvalue weighted by atomic mass is 35.5. The zero-order valence-corrected chi connectivity index (χ0v) is 13.8. The van der Waals surface area contributed by atoms with Crippen LogP contribution in [0.1, 0.15) is 0 Å². The van der Waals surface area contributed by atoms with Crippen LogP contribution in [-0.2, 0) is 4.79 Å². The Kier molecular flexibility index (Phi) is 3.90. The summed E-state index contributed by atoms with van der Waals surface area (Å²) in [5.74, 6) is 1.76. The lowest BCUT2D eigenvalue weighted by Gasteiger charge is -2.30. The third kappa shape index (κ3) is 2.85. The molecule has 0 aromatic heterocycles. The number of ether oxygens (including phenoxy) is 4. The monoisotopic (exact) mass is 366 g/mol. The van der Waals surface area contributed by atoms with E-state index >= 15 is 0 Å². The van der Waals surface area contributed by atoms with Crippen LogP contribution in [0.2, 0.25) is 10.0 Å². The van der Waals surface area contributed by atoms with E-state index < -0.39 is 12.2 Å². The number of benzene rings is 2. The topological polar surface area (TPSA) is 54.0 Å². The van der Waals surface area contributed by atoms with E-state index in [4.69, 9.17) is 42.1 Å². The minimum Gasteiger partial charge on any atom is -0.485 e. The summed E-state index contributed by atoms with van der Waals surface area (Å²) in [6.45, 7) is 0.193. The lowest BCUT2D eigenvalue weighted by Crippen LogP contribution is -2.48. The predicted octanol–water partition coefficient (Wildman–Crippen LogP) is 3.54. The molecule has 0 aliphatic carbocycles. The van der Waals surface area contributed by atoms with Crippen LogP contribution in [0.3, 0.4) is 0 Å². The summed E-state index contributed by atoms with van der Waals surface area (Å²) >= 11 is 11.8. The van der Waals surface area contributed by atoms with Gasteiger partial charge in [0.1, 0.15) is 13.2 Å². The first-order chi connectivity index (χ1) is 11.6. The second kappa shape index (κ2) is 6.07. The number of halogens is 2. The third-order valence-corrected chi connectivity index (χ3v) is 4.24. The van der Waals surface area contributed by atoms with E-state index in [9.17, 15) is 4.79 Å². The average molecular weight is 367 g/mol. The van der Waals surface area contributed by atoms with E-state index in [1.807, 2.05) is 0 Å². The van der Waals surface area contributed by atoms with E-state index in [-0.39, 0.29) is 19.0 Å². The molecule has 0 N–H and O–H groups in total. The fraction of sp³-hybridized carbons (Fsp3) is 0.235. The van der Waals surface area contributed by atoms with Crippen molar-refractivity contribution in [3.8, 4) is 23.0 Å². The van der Waals surface area contributed by atoms with Crippen molar-refractivity contribution in [1.82, 2.24) is 0 Å². The van der Waals surface area contributed by atoms with E-state index in [2.05, 4.69) is 0 Å². The Morgan fingerprint density at radius 1 is 0.792 bits per heavy atom. The van der Waals surface area contributed by atoms with E-state index in [1.54, 1.807) is 36.4 Å². The molecule has 2 heterocycles. The first-order valence-electron chi connectivity index (χ1n) is 7.32. The van der Waals surface area contributed by atoms with Gasteiger partial charge in [0.15, 0.2) is 35.2 Å². The first kappa shape index (κ1) is 15.4. The molecule has 0 amide bonds. The van der Waals surface area contributed by atoms with Gasteiger partial charge in [-0.1, -0.05) is 23.2 Å². The molecule has 24 heavy (non-hydrogen) atoms. The molecule has 2 aromatic carbocycles. The largest absolute Gasteiger partial charge is 0.485 e. The van der Waals surface area contributed by atoms with Crippen LogP contribution in [0.5, 0.6) is 23.0 Å². The molecule has 0 spiro atoms. The zero-order chi connectivity index (χ0) is 16.7. The van der Waals surface area contributed by atoms with E-state index in [0.717, 1.165) is 0 Å². The van der Waals surface area contributed by atoms with Gasteiger partial charge in [-0.25, -0.2) is 0 Å². The van der Waals surface area contributed by atoms with Crippen LogP contribution >= 0.6 is 23.2 Å². The Bertz CT molecular complexity index is 742. The number of Topliss-reactive ketones (excluding diaryl/α,β-unsaturated/α-hetero) is 1. The summed E-state index contributed by atoms with van der Waals surface area (Å²) in [6.07, 6.45) is -1.53. The summed E-state index contributed by atoms with van der Waals surface area (Å²) in [6, 6.07) is 10.0. The molecule has 5 nitrogen and oxygen atoms in total. The summed E-state index contributed by atoms with van der Waals surface area (Å²) < 4.78 is 22.6. The van der Waals surface area contributed by atoms with Crippen molar-refractivity contribution in [1.29, 1.82) is 0 Å². The van der Waals surface area contributed by atoms with Crippen molar-refractivity contribution >= 4 is 29.0 Å². The normalized spacial score (nSPS) is 21.2. The highest BCUT2D eigenvalue weighted by Gasteiger charge is 2.36. The second-order valence-electron chi connectivity index (χ2n) is 5.42. The maximum atomic E-state index is 12.6. The molecule has 0 radical (unpaired) electrons. The minimum atomic E-state index is -0.763. The number of hydrogen-bond acceptors (Lipinski definition) is 5. The molecule has 0 fully saturated rings. The van der Waals surface area contributed by atoms with Gasteiger partial charge < -0.3 is 18.9 Å². The molecule has 4 rings (SSSR count). The lowest BCUT2D eigenvalue weighted by molar-refractivity contribution is -0.137. The maximum Gasteiger partial charge on any atom is 0.220 e. The zero-order valence-electron chi connectivity index (χ0n) is 12.3. The van der Waals surface area contributed by atoms with Crippen molar-refractivity contribution in [3.05, 3.63) is 46.4 Å². The van der Waals surface area contributed by atoms with Crippen molar-refractivity contribution in [2.45, 2.75) is 12.2 Å². The van der Waals surface area contributed by atoms with Crippen molar-refractivity contribution in [2.24, 2.45) is 0 Å². The molecule has 0 saturated heterocycles. The Balaban J connectivity index is 1.49. The molecule has 2 unspecified atom stereocenters. The molecule has 0 bridgehead atoms. The smallest absolute Gasteiger partial charge is 0.220 e. The Hall–Kier alpha value is -2.11. The van der Waals surface area contributed by atoms with Crippen LogP contribution in [0.25, 0.3) is 0 Å². The average Bonchev–Trinajstić information content (AvgIpc) is 2.60. The van der Waals surface area contributed by atoms with Gasteiger partial charge in [-0.3, -0.25) is 4.79 Å². The van der Waals surface area contributed by atoms with E-state index in [1.165, 1.54) is 0 Å². The number of carbonyl (C=O) groups excluding carboxylic acids is 1. The van der Waals surface area contributed by atoms with Gasteiger partial charge in [-0.15, -0.1) is 0 Å². The van der Waals surface area contributed by atoms with Gasteiger partial charge in [-0.05, 0) is 24.3 Å². The second-order valence-corrected chi connectivity index (χ2v) is 6.29. The van der Waals surface area contributed by atoms with Crippen LogP contribution in [-0.4, -0.2) is 31.2 Å². The molecule has 2 aliphatic heterocycles. The number of hydrogen-bond donors (Lipinski definition) is 0. The SMILES string of the molecule is O=C(C1COc2cc(Cl)ccc2O1)C1COc2cc(Cl)ccc2O1. The molecular formula is C17H12Cl2O5. The number of fused-ring (bicyclic) bond motifs is 2. The van der Waals surface area contributed by atoms with Gasteiger partial charge in [0.25, 0.3) is 0 Å². The van der Waals surface area contributed by atoms with Crippen LogP contribution in [0, 0.1) is 0 Å². The van der Waals surface area contributed by atoms with Gasteiger partial charge in [0.2, 0.25) is 5.78 Å². The highest BCUT2D eigenvalue weighted by Crippen LogP contribution is 2.36. The fourth-order valence-corrected chi connectivity index (χ4v) is 2.90. The van der Waals surface area contributed by atoms with Gasteiger partial charge >= 0.3 is 0 Å². The standard InChI is InChI=1S/C17H12Cl2O5/c18-9-1-3-11-13(5-9)21-7-15(23-11)17(20)16-8-22-14-6-10(19)2-4-12(14)24-16/h1-6,15-16H,7-8H2. The molecular weight excluding hydrogens is 355 g/mol. The Labute approximate surface area is 148 Å². The molecule has 0 saturated carbocycles.